The number of non-ortho nitro benzene ring substituents is 1. The number of carbonyl (C=O) groups excluding carboxylic acids is 1. The Kier molecular flexibility index (Phi) is 5.26. The van der Waals surface area contributed by atoms with Crippen LogP contribution in [0, 0.1) is 17.0 Å². The van der Waals surface area contributed by atoms with Crippen molar-refractivity contribution in [1.82, 2.24) is 5.32 Å². The zero-order chi connectivity index (χ0) is 17.7. The van der Waals surface area contributed by atoms with E-state index in [4.69, 9.17) is 0 Å². The lowest BCUT2D eigenvalue weighted by Crippen LogP contribution is -2.42. The summed E-state index contributed by atoms with van der Waals surface area (Å²) < 4.78 is 0. The summed E-state index contributed by atoms with van der Waals surface area (Å²) in [6, 6.07) is 11.3. The second kappa shape index (κ2) is 7.36. The Morgan fingerprint density at radius 1 is 1.21 bits per heavy atom. The molecule has 2 aromatic carbocycles. The van der Waals surface area contributed by atoms with Gasteiger partial charge in [0.15, 0.2) is 0 Å². The number of nitrogens with one attached hydrogen (secondary N) is 1. The molecule has 1 amide bonds. The number of carbonyl (C=O) groups is 2. The van der Waals surface area contributed by atoms with Crippen molar-refractivity contribution in [3.8, 4) is 0 Å². The molecule has 0 aliphatic carbocycles. The second-order valence-electron chi connectivity index (χ2n) is 5.36. The Morgan fingerprint density at radius 3 is 2.46 bits per heavy atom. The molecule has 2 N–H and O–H groups in total. The van der Waals surface area contributed by atoms with E-state index in [9.17, 15) is 24.8 Å². The van der Waals surface area contributed by atoms with Gasteiger partial charge in [0.25, 0.3) is 11.6 Å². The fourth-order valence-corrected chi connectivity index (χ4v) is 2.16. The van der Waals surface area contributed by atoms with Gasteiger partial charge in [0.1, 0.15) is 6.04 Å². The van der Waals surface area contributed by atoms with Crippen LogP contribution < -0.4 is 5.32 Å². The van der Waals surface area contributed by atoms with Gasteiger partial charge in [-0.05, 0) is 18.6 Å². The van der Waals surface area contributed by atoms with Crippen LogP contribution in [0.15, 0.2) is 48.5 Å². The smallest absolute Gasteiger partial charge is 0.326 e. The van der Waals surface area contributed by atoms with Gasteiger partial charge in [-0.25, -0.2) is 4.79 Å². The average Bonchev–Trinajstić information content (AvgIpc) is 2.56. The summed E-state index contributed by atoms with van der Waals surface area (Å²) in [6.45, 7) is 1.92. The molecule has 124 valence electrons. The third-order valence-electron chi connectivity index (χ3n) is 3.48. The van der Waals surface area contributed by atoms with Crippen molar-refractivity contribution in [2.24, 2.45) is 0 Å². The molecule has 0 aliphatic heterocycles. The number of nitro benzene ring substituents is 1. The molecular formula is C17H16N2O5. The average molecular weight is 328 g/mol. The molecule has 0 fully saturated rings. The Bertz CT molecular complexity index is 771. The normalized spacial score (nSPS) is 11.5. The van der Waals surface area contributed by atoms with Crippen LogP contribution in [-0.2, 0) is 11.2 Å². The predicted octanol–water partition coefficient (Wildman–Crippen LogP) is 2.33. The fourth-order valence-electron chi connectivity index (χ4n) is 2.16. The van der Waals surface area contributed by atoms with Crippen LogP contribution in [0.4, 0.5) is 5.69 Å². The number of amides is 1. The van der Waals surface area contributed by atoms with Gasteiger partial charge in [-0.3, -0.25) is 14.9 Å². The minimum absolute atomic E-state index is 0.0411. The maximum absolute atomic E-state index is 12.2. The monoisotopic (exact) mass is 328 g/mol. The summed E-state index contributed by atoms with van der Waals surface area (Å²) in [5, 5.41) is 22.5. The SMILES string of the molecule is Cc1ccc(C[C@H](NC(=O)c2cccc([N+](=O)[O-])c2)C(=O)O)cc1. The lowest BCUT2D eigenvalue weighted by molar-refractivity contribution is -0.384. The van der Waals surface area contributed by atoms with E-state index in [2.05, 4.69) is 5.32 Å². The van der Waals surface area contributed by atoms with Crippen molar-refractivity contribution in [2.75, 3.05) is 0 Å². The van der Waals surface area contributed by atoms with E-state index in [1.165, 1.54) is 18.2 Å². The van der Waals surface area contributed by atoms with E-state index in [0.717, 1.165) is 17.2 Å². The number of carboxylic acid groups (broad SMARTS) is 1. The van der Waals surface area contributed by atoms with Crippen molar-refractivity contribution in [2.45, 2.75) is 19.4 Å². The molecule has 7 heteroatoms. The number of hydrogen-bond donors (Lipinski definition) is 2. The van der Waals surface area contributed by atoms with E-state index in [1.54, 1.807) is 12.1 Å². The van der Waals surface area contributed by atoms with Crippen LogP contribution in [0.25, 0.3) is 0 Å². The highest BCUT2D eigenvalue weighted by Gasteiger charge is 2.22. The molecule has 0 aromatic heterocycles. The van der Waals surface area contributed by atoms with Crippen LogP contribution in [0.1, 0.15) is 21.5 Å². The van der Waals surface area contributed by atoms with Crippen LogP contribution in [0.2, 0.25) is 0 Å². The second-order valence-corrected chi connectivity index (χ2v) is 5.36. The number of carboxylic acids is 1. The maximum atomic E-state index is 12.2. The van der Waals surface area contributed by atoms with Crippen molar-refractivity contribution in [1.29, 1.82) is 0 Å². The van der Waals surface area contributed by atoms with E-state index in [-0.39, 0.29) is 17.7 Å². The first-order valence-corrected chi connectivity index (χ1v) is 7.20. The summed E-state index contributed by atoms with van der Waals surface area (Å²) >= 11 is 0. The van der Waals surface area contributed by atoms with Crippen LogP contribution in [0.5, 0.6) is 0 Å². The lowest BCUT2D eigenvalue weighted by Gasteiger charge is -2.15. The van der Waals surface area contributed by atoms with Gasteiger partial charge in [-0.2, -0.15) is 0 Å². The van der Waals surface area contributed by atoms with Crippen molar-refractivity contribution in [3.05, 3.63) is 75.3 Å². The molecule has 0 saturated heterocycles. The molecular weight excluding hydrogens is 312 g/mol. The molecule has 0 radical (unpaired) electrons. The molecule has 0 aliphatic rings. The van der Waals surface area contributed by atoms with E-state index >= 15 is 0 Å². The number of rotatable bonds is 6. The van der Waals surface area contributed by atoms with Crippen molar-refractivity contribution >= 4 is 17.6 Å². The van der Waals surface area contributed by atoms with Crippen molar-refractivity contribution < 1.29 is 19.6 Å². The van der Waals surface area contributed by atoms with Gasteiger partial charge >= 0.3 is 5.97 Å². The van der Waals surface area contributed by atoms with Gasteiger partial charge in [0, 0.05) is 24.1 Å². The summed E-state index contributed by atoms with van der Waals surface area (Å²) in [5.41, 5.74) is 1.63. The minimum atomic E-state index is -1.17. The molecule has 0 spiro atoms. The Morgan fingerprint density at radius 2 is 1.88 bits per heavy atom. The molecule has 2 rings (SSSR count). The molecule has 2 aromatic rings. The Labute approximate surface area is 138 Å². The molecule has 0 bridgehead atoms. The maximum Gasteiger partial charge on any atom is 0.326 e. The molecule has 7 nitrogen and oxygen atoms in total. The number of nitrogens with zero attached hydrogens (tertiary/aromatic N) is 1. The number of nitro groups is 1. The summed E-state index contributed by atoms with van der Waals surface area (Å²) in [4.78, 5) is 33.7. The quantitative estimate of drug-likeness (QED) is 0.625. The molecule has 1 atom stereocenters. The first kappa shape index (κ1) is 17.1. The van der Waals surface area contributed by atoms with Gasteiger partial charge in [-0.1, -0.05) is 35.9 Å². The van der Waals surface area contributed by atoms with Gasteiger partial charge in [0.2, 0.25) is 0 Å². The number of hydrogen-bond acceptors (Lipinski definition) is 4. The van der Waals surface area contributed by atoms with E-state index in [0.29, 0.717) is 0 Å². The van der Waals surface area contributed by atoms with Gasteiger partial charge in [0.05, 0.1) is 4.92 Å². The third-order valence-corrected chi connectivity index (χ3v) is 3.48. The standard InChI is InChI=1S/C17H16N2O5/c1-11-5-7-12(8-6-11)9-15(17(21)22)18-16(20)13-3-2-4-14(10-13)19(23)24/h2-8,10,15H,9H2,1H3,(H,18,20)(H,21,22)/t15-/m0/s1. The summed E-state index contributed by atoms with van der Waals surface area (Å²) in [5.74, 6) is -1.84. The number of aryl methyl sites for hydroxylation is 1. The van der Waals surface area contributed by atoms with Gasteiger partial charge in [-0.15, -0.1) is 0 Å². The molecule has 0 heterocycles. The fraction of sp³-hybridized carbons (Fsp3) is 0.176. The third kappa shape index (κ3) is 4.39. The predicted molar refractivity (Wildman–Crippen MR) is 86.9 cm³/mol. The first-order valence-electron chi connectivity index (χ1n) is 7.20. The first-order chi connectivity index (χ1) is 11.4. The zero-order valence-electron chi connectivity index (χ0n) is 12.9. The minimum Gasteiger partial charge on any atom is -0.480 e. The molecule has 24 heavy (non-hydrogen) atoms. The van der Waals surface area contributed by atoms with Crippen LogP contribution in [-0.4, -0.2) is 27.9 Å². The Balaban J connectivity index is 2.13. The summed E-state index contributed by atoms with van der Waals surface area (Å²) in [7, 11) is 0. The topological polar surface area (TPSA) is 110 Å². The molecule has 0 unspecified atom stereocenters. The largest absolute Gasteiger partial charge is 0.480 e. The highest BCUT2D eigenvalue weighted by Crippen LogP contribution is 2.13. The highest BCUT2D eigenvalue weighted by molar-refractivity contribution is 5.97. The highest BCUT2D eigenvalue weighted by atomic mass is 16.6. The van der Waals surface area contributed by atoms with Gasteiger partial charge < -0.3 is 10.4 Å². The van der Waals surface area contributed by atoms with Crippen molar-refractivity contribution in [3.63, 3.8) is 0 Å². The number of aliphatic carboxylic acids is 1. The Hall–Kier alpha value is -3.22. The van der Waals surface area contributed by atoms with E-state index in [1.807, 2.05) is 19.1 Å². The van der Waals surface area contributed by atoms with Crippen LogP contribution >= 0.6 is 0 Å². The summed E-state index contributed by atoms with van der Waals surface area (Å²) in [6.07, 6.45) is 0.121. The number of benzene rings is 2. The van der Waals surface area contributed by atoms with Crippen LogP contribution in [0.3, 0.4) is 0 Å². The lowest BCUT2D eigenvalue weighted by atomic mass is 10.0. The molecule has 0 saturated carbocycles. The zero-order valence-corrected chi connectivity index (χ0v) is 12.9. The van der Waals surface area contributed by atoms with E-state index < -0.39 is 22.8 Å².